The lowest BCUT2D eigenvalue weighted by atomic mass is 10.1. The lowest BCUT2D eigenvalue weighted by molar-refractivity contribution is 0.386. The number of aromatic nitrogens is 1. The molecular weight excluding hydrogens is 176 g/mol. The van der Waals surface area contributed by atoms with Gasteiger partial charge in [-0.25, -0.2) is 0 Å². The van der Waals surface area contributed by atoms with E-state index in [1.807, 2.05) is 37.3 Å². The number of hydrogen-bond acceptors (Lipinski definition) is 2. The first-order chi connectivity index (χ1) is 6.66. The fraction of sp³-hybridized carbons (Fsp3) is 0.273. The van der Waals surface area contributed by atoms with Crippen molar-refractivity contribution < 1.29 is 5.11 Å². The highest BCUT2D eigenvalue weighted by Crippen LogP contribution is 2.24. The number of benzene rings is 1. The monoisotopic (exact) mass is 190 g/mol. The van der Waals surface area contributed by atoms with E-state index in [2.05, 4.69) is 4.98 Å². The molecule has 0 aliphatic carbocycles. The summed E-state index contributed by atoms with van der Waals surface area (Å²) in [5.74, 6) is 0.366. The average molecular weight is 190 g/mol. The zero-order valence-corrected chi connectivity index (χ0v) is 8.41. The quantitative estimate of drug-likeness (QED) is 0.759. The Kier molecular flexibility index (Phi) is 2.17. The molecule has 1 aromatic carbocycles. The Morgan fingerprint density at radius 2 is 2.14 bits per heavy atom. The number of nitrogens with zero attached hydrogens (tertiary/aromatic N) is 1. The highest BCUT2D eigenvalue weighted by Gasteiger charge is 2.05. The molecule has 74 valence electrons. The van der Waals surface area contributed by atoms with Crippen LogP contribution in [0.25, 0.3) is 10.9 Å². The number of nitrogens with one attached hydrogen (secondary N) is 1. The van der Waals surface area contributed by atoms with Gasteiger partial charge in [0.1, 0.15) is 5.75 Å². The molecule has 1 aromatic heterocycles. The van der Waals surface area contributed by atoms with Gasteiger partial charge in [0.25, 0.3) is 0 Å². The first-order valence-electron chi connectivity index (χ1n) is 4.60. The third kappa shape index (κ3) is 1.59. The van der Waals surface area contributed by atoms with Gasteiger partial charge < -0.3 is 15.0 Å². The molecule has 0 aliphatic rings. The Balaban J connectivity index is 2.48. The van der Waals surface area contributed by atoms with Crippen molar-refractivity contribution in [1.82, 2.24) is 9.88 Å². The van der Waals surface area contributed by atoms with Crippen LogP contribution in [0.4, 0.5) is 0 Å². The average Bonchev–Trinajstić information content (AvgIpc) is 2.51. The van der Waals surface area contributed by atoms with Crippen molar-refractivity contribution in [2.24, 2.45) is 0 Å². The Bertz CT molecular complexity index is 445. The third-order valence-corrected chi connectivity index (χ3v) is 2.24. The van der Waals surface area contributed by atoms with Crippen molar-refractivity contribution in [3.63, 3.8) is 0 Å². The Hall–Kier alpha value is -1.48. The van der Waals surface area contributed by atoms with Crippen molar-refractivity contribution in [3.05, 3.63) is 30.0 Å². The van der Waals surface area contributed by atoms with Crippen LogP contribution in [0.2, 0.25) is 0 Å². The first-order valence-corrected chi connectivity index (χ1v) is 4.60. The van der Waals surface area contributed by atoms with Gasteiger partial charge in [0.2, 0.25) is 0 Å². The van der Waals surface area contributed by atoms with Crippen LogP contribution in [0.5, 0.6) is 5.75 Å². The zero-order chi connectivity index (χ0) is 10.1. The number of hydrogen-bond donors (Lipinski definition) is 2. The molecule has 0 atom stereocenters. The van der Waals surface area contributed by atoms with E-state index < -0.39 is 0 Å². The number of fused-ring (bicyclic) bond motifs is 1. The number of aromatic hydroxyl groups is 1. The second-order valence-electron chi connectivity index (χ2n) is 3.78. The molecule has 0 bridgehead atoms. The minimum atomic E-state index is 0.366. The molecule has 0 unspecified atom stereocenters. The Morgan fingerprint density at radius 1 is 1.36 bits per heavy atom. The van der Waals surface area contributed by atoms with Crippen LogP contribution in [0.1, 0.15) is 5.56 Å². The van der Waals surface area contributed by atoms with E-state index in [1.54, 1.807) is 6.07 Å². The van der Waals surface area contributed by atoms with Crippen molar-refractivity contribution in [2.45, 2.75) is 6.54 Å². The summed E-state index contributed by atoms with van der Waals surface area (Å²) in [5.41, 5.74) is 2.02. The zero-order valence-electron chi connectivity index (χ0n) is 8.41. The molecule has 2 N–H and O–H groups in total. The number of aromatic amines is 1. The molecule has 0 fully saturated rings. The van der Waals surface area contributed by atoms with E-state index >= 15 is 0 Å². The first kappa shape index (κ1) is 9.09. The van der Waals surface area contributed by atoms with Gasteiger partial charge in [-0.1, -0.05) is 0 Å². The maximum absolute atomic E-state index is 9.74. The molecule has 2 aromatic rings. The third-order valence-electron chi connectivity index (χ3n) is 2.24. The molecule has 14 heavy (non-hydrogen) atoms. The topological polar surface area (TPSA) is 39.3 Å². The summed E-state index contributed by atoms with van der Waals surface area (Å²) in [5, 5.41) is 10.8. The van der Waals surface area contributed by atoms with E-state index in [-0.39, 0.29) is 0 Å². The Morgan fingerprint density at radius 3 is 2.86 bits per heavy atom. The van der Waals surface area contributed by atoms with Crippen molar-refractivity contribution in [2.75, 3.05) is 14.1 Å². The van der Waals surface area contributed by atoms with Crippen LogP contribution in [0, 0.1) is 0 Å². The van der Waals surface area contributed by atoms with Crippen LogP contribution in [0.15, 0.2) is 24.4 Å². The van der Waals surface area contributed by atoms with Crippen LogP contribution in [-0.2, 0) is 6.54 Å². The number of phenolic OH excluding ortho intramolecular Hbond substituents is 1. The second kappa shape index (κ2) is 3.35. The lowest BCUT2D eigenvalue weighted by Crippen LogP contribution is -2.10. The van der Waals surface area contributed by atoms with Gasteiger partial charge in [-0.3, -0.25) is 0 Å². The van der Waals surface area contributed by atoms with E-state index in [1.165, 1.54) is 0 Å². The number of phenols is 1. The van der Waals surface area contributed by atoms with E-state index in [0.29, 0.717) is 5.75 Å². The molecule has 0 amide bonds. The molecular formula is C11H14N2O. The summed E-state index contributed by atoms with van der Waals surface area (Å²) < 4.78 is 0. The van der Waals surface area contributed by atoms with Gasteiger partial charge >= 0.3 is 0 Å². The molecule has 1 heterocycles. The van der Waals surface area contributed by atoms with Gasteiger partial charge in [0.15, 0.2) is 0 Å². The standard InChI is InChI=1S/C11H14N2O/c1-13(2)7-9-5-10-8(3-4-12-10)6-11(9)14/h3-6,12,14H,7H2,1-2H3. The number of rotatable bonds is 2. The summed E-state index contributed by atoms with van der Waals surface area (Å²) in [6, 6.07) is 5.74. The Labute approximate surface area is 83.0 Å². The normalized spacial score (nSPS) is 11.4. The summed E-state index contributed by atoms with van der Waals surface area (Å²) in [4.78, 5) is 5.16. The fourth-order valence-corrected chi connectivity index (χ4v) is 1.60. The summed E-state index contributed by atoms with van der Waals surface area (Å²) in [7, 11) is 3.97. The van der Waals surface area contributed by atoms with Crippen molar-refractivity contribution in [3.8, 4) is 5.75 Å². The van der Waals surface area contributed by atoms with Gasteiger partial charge in [0, 0.05) is 29.2 Å². The predicted octanol–water partition coefficient (Wildman–Crippen LogP) is 1.94. The molecule has 0 saturated carbocycles. The molecule has 0 spiro atoms. The smallest absolute Gasteiger partial charge is 0.120 e. The lowest BCUT2D eigenvalue weighted by Gasteiger charge is -2.11. The second-order valence-corrected chi connectivity index (χ2v) is 3.78. The highest BCUT2D eigenvalue weighted by molar-refractivity contribution is 5.81. The maximum Gasteiger partial charge on any atom is 0.120 e. The van der Waals surface area contributed by atoms with Crippen LogP contribution in [-0.4, -0.2) is 29.1 Å². The summed E-state index contributed by atoms with van der Waals surface area (Å²) >= 11 is 0. The highest BCUT2D eigenvalue weighted by atomic mass is 16.3. The largest absolute Gasteiger partial charge is 0.508 e. The minimum absolute atomic E-state index is 0.366. The molecule has 3 heteroatoms. The van der Waals surface area contributed by atoms with E-state index in [9.17, 15) is 5.11 Å². The molecule has 0 radical (unpaired) electrons. The van der Waals surface area contributed by atoms with Crippen LogP contribution < -0.4 is 0 Å². The van der Waals surface area contributed by atoms with Crippen molar-refractivity contribution in [1.29, 1.82) is 0 Å². The molecule has 3 nitrogen and oxygen atoms in total. The van der Waals surface area contributed by atoms with E-state index in [0.717, 1.165) is 23.0 Å². The predicted molar refractivity (Wildman–Crippen MR) is 57.4 cm³/mol. The SMILES string of the molecule is CN(C)Cc1cc2[nH]ccc2cc1O. The van der Waals surface area contributed by atoms with Gasteiger partial charge in [-0.2, -0.15) is 0 Å². The molecule has 2 rings (SSSR count). The van der Waals surface area contributed by atoms with Gasteiger partial charge in [0.05, 0.1) is 0 Å². The maximum atomic E-state index is 9.74. The van der Waals surface area contributed by atoms with Gasteiger partial charge in [-0.05, 0) is 32.3 Å². The fourth-order valence-electron chi connectivity index (χ4n) is 1.60. The molecule has 0 aliphatic heterocycles. The van der Waals surface area contributed by atoms with E-state index in [4.69, 9.17) is 0 Å². The van der Waals surface area contributed by atoms with Crippen LogP contribution >= 0.6 is 0 Å². The summed E-state index contributed by atoms with van der Waals surface area (Å²) in [6.07, 6.45) is 1.88. The van der Waals surface area contributed by atoms with Crippen LogP contribution in [0.3, 0.4) is 0 Å². The van der Waals surface area contributed by atoms with Crippen molar-refractivity contribution >= 4 is 10.9 Å². The summed E-state index contributed by atoms with van der Waals surface area (Å²) in [6.45, 7) is 0.751. The molecule has 0 saturated heterocycles. The number of H-pyrrole nitrogens is 1. The van der Waals surface area contributed by atoms with Gasteiger partial charge in [-0.15, -0.1) is 0 Å². The minimum Gasteiger partial charge on any atom is -0.508 e.